The van der Waals surface area contributed by atoms with Gasteiger partial charge in [0, 0.05) is 27.5 Å². The van der Waals surface area contributed by atoms with Crippen LogP contribution in [0, 0.1) is 0 Å². The van der Waals surface area contributed by atoms with Gasteiger partial charge in [-0.1, -0.05) is 249 Å². The van der Waals surface area contributed by atoms with Gasteiger partial charge in [-0.05, 0) is 102 Å². The van der Waals surface area contributed by atoms with Crippen LogP contribution in [0.25, 0.3) is 93.9 Å². The maximum Gasteiger partial charge on any atom is 0.0755 e. The van der Waals surface area contributed by atoms with E-state index in [1.807, 2.05) is 0 Å². The van der Waals surface area contributed by atoms with Gasteiger partial charge in [-0.25, -0.2) is 0 Å². The SMILES string of the molecule is c1ccc(-c2ccc(-c3ccccc3N(c3ccccc3-c3ccccc3-c3cccc4ccccc34)c3cccc4c3-c3ccccc3C43c4ccccc4-n4c5ccccc5c5cccc3c54)cc2)cc1. The molecule has 0 amide bonds. The number of hydrogen-bond acceptors (Lipinski definition) is 1. The van der Waals surface area contributed by atoms with E-state index in [2.05, 4.69) is 289 Å². The molecule has 1 spiro atoms. The van der Waals surface area contributed by atoms with E-state index in [9.17, 15) is 0 Å². The first-order chi connectivity index (χ1) is 36.3. The zero-order chi connectivity index (χ0) is 48.0. The predicted molar refractivity (Wildman–Crippen MR) is 306 cm³/mol. The maximum absolute atomic E-state index is 2.58. The summed E-state index contributed by atoms with van der Waals surface area (Å²) in [5, 5.41) is 5.01. The normalized spacial score (nSPS) is 14.1. The Balaban J connectivity index is 1.03. The molecular formula is C71H46N2. The average Bonchev–Trinajstić information content (AvgIpc) is 4.07. The van der Waals surface area contributed by atoms with Crippen LogP contribution in [-0.4, -0.2) is 4.57 Å². The maximum atomic E-state index is 2.58. The third-order valence-corrected chi connectivity index (χ3v) is 15.8. The summed E-state index contributed by atoms with van der Waals surface area (Å²) in [7, 11) is 0. The first-order valence-electron chi connectivity index (χ1n) is 25.3. The van der Waals surface area contributed by atoms with Crippen LogP contribution in [0.3, 0.4) is 0 Å². The van der Waals surface area contributed by atoms with Crippen LogP contribution in [-0.2, 0) is 5.41 Å². The van der Waals surface area contributed by atoms with Crippen LogP contribution in [0.5, 0.6) is 0 Å². The molecule has 73 heavy (non-hydrogen) atoms. The molecule has 1 aliphatic heterocycles. The quantitative estimate of drug-likeness (QED) is 0.155. The molecule has 2 aliphatic rings. The summed E-state index contributed by atoms with van der Waals surface area (Å²) < 4.78 is 2.53. The second kappa shape index (κ2) is 16.3. The van der Waals surface area contributed by atoms with Crippen molar-refractivity contribution in [2.24, 2.45) is 0 Å². The molecule has 1 aliphatic carbocycles. The van der Waals surface area contributed by atoms with Gasteiger partial charge in [0.2, 0.25) is 0 Å². The van der Waals surface area contributed by atoms with E-state index in [-0.39, 0.29) is 0 Å². The van der Waals surface area contributed by atoms with E-state index in [4.69, 9.17) is 0 Å². The molecular weight excluding hydrogens is 881 g/mol. The summed E-state index contributed by atoms with van der Waals surface area (Å²) in [6.07, 6.45) is 0. The standard InChI is InChI=1S/C71H46N2/c1-2-21-47(22-3-1)48-43-45-50(46-44-48)52-26-9-14-38-64(52)72(65-39-15-10-29-56(65)55-28-7-6-27-54(55)53-32-18-24-49-23-4-5-25-51(49)53)68-42-20-36-62-69(68)59-31-8-12-34-60(59)71(62)61-35-13-17-41-67(61)73-66-40-16-11-30-57(66)58-33-19-37-63(71)70(58)73/h1-46H. The van der Waals surface area contributed by atoms with Crippen molar-refractivity contribution >= 4 is 49.6 Å². The predicted octanol–water partition coefficient (Wildman–Crippen LogP) is 18.8. The van der Waals surface area contributed by atoms with Gasteiger partial charge < -0.3 is 9.47 Å². The van der Waals surface area contributed by atoms with Crippen molar-refractivity contribution in [3.8, 4) is 61.3 Å². The molecule has 12 aromatic carbocycles. The number of nitrogens with zero attached hydrogens (tertiary/aromatic N) is 2. The summed E-state index contributed by atoms with van der Waals surface area (Å²) in [4.78, 5) is 2.58. The highest BCUT2D eigenvalue weighted by Gasteiger charge is 2.51. The zero-order valence-corrected chi connectivity index (χ0v) is 40.0. The van der Waals surface area contributed by atoms with Crippen LogP contribution in [0.15, 0.2) is 279 Å². The Morgan fingerprint density at radius 1 is 0.274 bits per heavy atom. The molecule has 2 heteroatoms. The van der Waals surface area contributed by atoms with Gasteiger partial charge in [0.15, 0.2) is 0 Å². The van der Waals surface area contributed by atoms with Gasteiger partial charge in [-0.3, -0.25) is 0 Å². The molecule has 13 aromatic rings. The van der Waals surface area contributed by atoms with E-state index < -0.39 is 5.41 Å². The lowest BCUT2D eigenvalue weighted by atomic mass is 9.65. The summed E-state index contributed by atoms with van der Waals surface area (Å²) in [5.41, 5.74) is 23.5. The highest BCUT2D eigenvalue weighted by atomic mass is 15.2. The Morgan fingerprint density at radius 2 is 0.767 bits per heavy atom. The molecule has 2 nitrogen and oxygen atoms in total. The molecule has 1 unspecified atom stereocenters. The molecule has 340 valence electrons. The number of fused-ring (bicyclic) bond motifs is 13. The van der Waals surface area contributed by atoms with E-state index in [0.29, 0.717) is 0 Å². The molecule has 2 heterocycles. The Labute approximate surface area is 425 Å². The van der Waals surface area contributed by atoms with Crippen molar-refractivity contribution in [1.82, 2.24) is 4.57 Å². The van der Waals surface area contributed by atoms with Crippen LogP contribution in [0.2, 0.25) is 0 Å². The molecule has 1 aromatic heterocycles. The van der Waals surface area contributed by atoms with E-state index in [1.165, 1.54) is 99.5 Å². The number of rotatable bonds is 7. The summed E-state index contributed by atoms with van der Waals surface area (Å²) in [5.74, 6) is 0. The number of hydrogen-bond donors (Lipinski definition) is 0. The fraction of sp³-hybridized carbons (Fsp3) is 0.0141. The summed E-state index contributed by atoms with van der Waals surface area (Å²) in [6.45, 7) is 0. The fourth-order valence-electron chi connectivity index (χ4n) is 12.9. The Bertz CT molecular complexity index is 4330. The third-order valence-electron chi connectivity index (χ3n) is 15.8. The van der Waals surface area contributed by atoms with Gasteiger partial charge in [-0.2, -0.15) is 0 Å². The second-order valence-electron chi connectivity index (χ2n) is 19.5. The van der Waals surface area contributed by atoms with Crippen molar-refractivity contribution in [2.75, 3.05) is 4.90 Å². The Kier molecular flexibility index (Phi) is 9.21. The largest absolute Gasteiger partial charge is 0.309 e. The number of aromatic nitrogens is 1. The second-order valence-corrected chi connectivity index (χ2v) is 19.5. The molecule has 0 saturated heterocycles. The van der Waals surface area contributed by atoms with Gasteiger partial charge in [0.05, 0.1) is 39.2 Å². The lowest BCUT2D eigenvalue weighted by Crippen LogP contribution is -2.33. The van der Waals surface area contributed by atoms with Gasteiger partial charge in [0.1, 0.15) is 0 Å². The van der Waals surface area contributed by atoms with Crippen LogP contribution in [0.1, 0.15) is 22.3 Å². The van der Waals surface area contributed by atoms with E-state index in [1.54, 1.807) is 0 Å². The van der Waals surface area contributed by atoms with Crippen LogP contribution in [0.4, 0.5) is 17.1 Å². The molecule has 0 saturated carbocycles. The molecule has 1 atom stereocenters. The Morgan fingerprint density at radius 3 is 1.59 bits per heavy atom. The minimum absolute atomic E-state index is 0.610. The lowest BCUT2D eigenvalue weighted by Gasteiger charge is -2.39. The van der Waals surface area contributed by atoms with E-state index >= 15 is 0 Å². The van der Waals surface area contributed by atoms with Gasteiger partial charge in [-0.15, -0.1) is 0 Å². The van der Waals surface area contributed by atoms with Crippen molar-refractivity contribution in [2.45, 2.75) is 5.41 Å². The van der Waals surface area contributed by atoms with Gasteiger partial charge >= 0.3 is 0 Å². The van der Waals surface area contributed by atoms with Crippen molar-refractivity contribution in [1.29, 1.82) is 0 Å². The molecule has 0 bridgehead atoms. The molecule has 0 fully saturated rings. The zero-order valence-electron chi connectivity index (χ0n) is 40.0. The minimum Gasteiger partial charge on any atom is -0.309 e. The van der Waals surface area contributed by atoms with Crippen LogP contribution < -0.4 is 4.90 Å². The summed E-state index contributed by atoms with van der Waals surface area (Å²) in [6, 6.07) is 104. The monoisotopic (exact) mass is 926 g/mol. The molecule has 0 N–H and O–H groups in total. The smallest absolute Gasteiger partial charge is 0.0755 e. The Hall–Kier alpha value is -9.50. The highest BCUT2D eigenvalue weighted by Crippen LogP contribution is 2.64. The third kappa shape index (κ3) is 5.99. The van der Waals surface area contributed by atoms with Crippen molar-refractivity contribution in [3.63, 3.8) is 0 Å². The molecule has 0 radical (unpaired) electrons. The number of anilines is 3. The first kappa shape index (κ1) is 41.3. The van der Waals surface area contributed by atoms with Crippen molar-refractivity contribution in [3.05, 3.63) is 301 Å². The lowest BCUT2D eigenvalue weighted by molar-refractivity contribution is 0.748. The molecule has 15 rings (SSSR count). The van der Waals surface area contributed by atoms with E-state index in [0.717, 1.165) is 33.8 Å². The highest BCUT2D eigenvalue weighted by molar-refractivity contribution is 6.14. The van der Waals surface area contributed by atoms with Gasteiger partial charge in [0.25, 0.3) is 0 Å². The van der Waals surface area contributed by atoms with Crippen molar-refractivity contribution < 1.29 is 0 Å². The number of benzene rings is 12. The number of para-hydroxylation sites is 5. The topological polar surface area (TPSA) is 8.17 Å². The first-order valence-corrected chi connectivity index (χ1v) is 25.3. The average molecular weight is 927 g/mol. The summed E-state index contributed by atoms with van der Waals surface area (Å²) >= 11 is 0. The minimum atomic E-state index is -0.610. The fourth-order valence-corrected chi connectivity index (χ4v) is 12.9. The van der Waals surface area contributed by atoms with Crippen LogP contribution >= 0.6 is 0 Å².